The Labute approximate surface area is 115 Å². The lowest BCUT2D eigenvalue weighted by atomic mass is 10.1. The van der Waals surface area contributed by atoms with E-state index in [0.717, 1.165) is 23.1 Å². The zero-order valence-corrected chi connectivity index (χ0v) is 11.2. The van der Waals surface area contributed by atoms with Crippen LogP contribution < -0.4 is 5.73 Å². The van der Waals surface area contributed by atoms with Crippen molar-refractivity contribution in [2.24, 2.45) is 5.92 Å². The summed E-state index contributed by atoms with van der Waals surface area (Å²) in [6, 6.07) is 7.47. The molecule has 2 aromatic rings. The van der Waals surface area contributed by atoms with Gasteiger partial charge < -0.3 is 15.2 Å². The number of ether oxygens (including phenoxy) is 2. The number of hydrogen-bond donors (Lipinski definition) is 1. The van der Waals surface area contributed by atoms with E-state index in [1.807, 2.05) is 24.3 Å². The summed E-state index contributed by atoms with van der Waals surface area (Å²) in [5.74, 6) is 0.0839. The summed E-state index contributed by atoms with van der Waals surface area (Å²) in [5, 5.41) is 0.987. The second-order valence-corrected chi connectivity index (χ2v) is 5.82. The summed E-state index contributed by atoms with van der Waals surface area (Å²) in [6.45, 7) is 1.90. The van der Waals surface area contributed by atoms with Gasteiger partial charge in [-0.3, -0.25) is 0 Å². The first-order valence-electron chi connectivity index (χ1n) is 6.26. The van der Waals surface area contributed by atoms with E-state index in [9.17, 15) is 4.79 Å². The zero-order chi connectivity index (χ0) is 13.2. The molecule has 0 aliphatic carbocycles. The highest BCUT2D eigenvalue weighted by atomic mass is 32.1. The van der Waals surface area contributed by atoms with Gasteiger partial charge in [-0.25, -0.2) is 4.79 Å². The Morgan fingerprint density at radius 3 is 3.16 bits per heavy atom. The van der Waals surface area contributed by atoms with Crippen LogP contribution in [0.2, 0.25) is 0 Å². The predicted molar refractivity (Wildman–Crippen MR) is 75.4 cm³/mol. The van der Waals surface area contributed by atoms with Gasteiger partial charge in [0.05, 0.1) is 13.2 Å². The maximum atomic E-state index is 12.0. The topological polar surface area (TPSA) is 61.6 Å². The predicted octanol–water partition coefficient (Wildman–Crippen LogP) is 2.68. The summed E-state index contributed by atoms with van der Waals surface area (Å²) in [7, 11) is 0. The van der Waals surface area contributed by atoms with Crippen molar-refractivity contribution >= 4 is 33.1 Å². The Balaban J connectivity index is 1.70. The molecule has 2 heterocycles. The van der Waals surface area contributed by atoms with Crippen molar-refractivity contribution in [2.45, 2.75) is 6.42 Å². The Kier molecular flexibility index (Phi) is 3.40. The molecule has 19 heavy (non-hydrogen) atoms. The molecule has 0 amide bonds. The van der Waals surface area contributed by atoms with Crippen LogP contribution in [0.25, 0.3) is 10.1 Å². The molecule has 1 aromatic carbocycles. The van der Waals surface area contributed by atoms with E-state index in [0.29, 0.717) is 29.7 Å². The van der Waals surface area contributed by atoms with E-state index in [1.54, 1.807) is 0 Å². The Hall–Kier alpha value is -1.59. The molecule has 1 unspecified atom stereocenters. The van der Waals surface area contributed by atoms with Gasteiger partial charge in [-0.2, -0.15) is 0 Å². The molecule has 1 atom stereocenters. The fourth-order valence-corrected chi connectivity index (χ4v) is 3.08. The maximum Gasteiger partial charge on any atom is 0.348 e. The number of thiophene rings is 1. The number of hydrogen-bond acceptors (Lipinski definition) is 5. The number of benzene rings is 1. The lowest BCUT2D eigenvalue weighted by Crippen LogP contribution is -2.13. The van der Waals surface area contributed by atoms with Gasteiger partial charge in [0.15, 0.2) is 0 Å². The Morgan fingerprint density at radius 1 is 1.47 bits per heavy atom. The normalized spacial score (nSPS) is 18.8. The molecule has 0 bridgehead atoms. The van der Waals surface area contributed by atoms with Gasteiger partial charge >= 0.3 is 5.97 Å². The molecule has 1 aliphatic heterocycles. The average molecular weight is 277 g/mol. The van der Waals surface area contributed by atoms with E-state index in [4.69, 9.17) is 15.2 Å². The lowest BCUT2D eigenvalue weighted by Gasteiger charge is -2.07. The number of carbonyl (C=O) groups excluding carboxylic acids is 1. The minimum atomic E-state index is -0.258. The van der Waals surface area contributed by atoms with Crippen molar-refractivity contribution in [3.8, 4) is 0 Å². The maximum absolute atomic E-state index is 12.0. The van der Waals surface area contributed by atoms with E-state index >= 15 is 0 Å². The van der Waals surface area contributed by atoms with Gasteiger partial charge in [0.1, 0.15) is 4.88 Å². The highest BCUT2D eigenvalue weighted by Crippen LogP contribution is 2.28. The van der Waals surface area contributed by atoms with Crippen LogP contribution in [0.3, 0.4) is 0 Å². The molecule has 0 spiro atoms. The van der Waals surface area contributed by atoms with Gasteiger partial charge in [0.25, 0.3) is 0 Å². The van der Waals surface area contributed by atoms with Crippen LogP contribution in [0.4, 0.5) is 5.69 Å². The highest BCUT2D eigenvalue weighted by molar-refractivity contribution is 7.20. The van der Waals surface area contributed by atoms with Crippen molar-refractivity contribution in [3.05, 3.63) is 29.1 Å². The van der Waals surface area contributed by atoms with Crippen molar-refractivity contribution in [2.75, 3.05) is 25.6 Å². The molecular weight excluding hydrogens is 262 g/mol. The van der Waals surface area contributed by atoms with Crippen LogP contribution in [0.5, 0.6) is 0 Å². The third-order valence-electron chi connectivity index (χ3n) is 3.22. The molecular formula is C14H15NO3S. The second kappa shape index (κ2) is 5.19. The summed E-state index contributed by atoms with van der Waals surface area (Å²) < 4.78 is 11.6. The van der Waals surface area contributed by atoms with E-state index in [1.165, 1.54) is 11.3 Å². The highest BCUT2D eigenvalue weighted by Gasteiger charge is 2.19. The minimum Gasteiger partial charge on any atom is -0.461 e. The molecule has 3 rings (SSSR count). The third-order valence-corrected chi connectivity index (χ3v) is 4.31. The molecule has 4 nitrogen and oxygen atoms in total. The molecule has 0 radical (unpaired) electrons. The largest absolute Gasteiger partial charge is 0.461 e. The van der Waals surface area contributed by atoms with Gasteiger partial charge in [0.2, 0.25) is 0 Å². The SMILES string of the molecule is Nc1ccc2sc(C(=O)OCC3CCOC3)cc2c1. The summed E-state index contributed by atoms with van der Waals surface area (Å²) in [4.78, 5) is 12.6. The van der Waals surface area contributed by atoms with Crippen LogP contribution >= 0.6 is 11.3 Å². The summed E-state index contributed by atoms with van der Waals surface area (Å²) in [5.41, 5.74) is 6.43. The van der Waals surface area contributed by atoms with Crippen LogP contribution in [0, 0.1) is 5.92 Å². The van der Waals surface area contributed by atoms with Crippen molar-refractivity contribution in [1.29, 1.82) is 0 Å². The second-order valence-electron chi connectivity index (χ2n) is 4.74. The first-order chi connectivity index (χ1) is 9.22. The first kappa shape index (κ1) is 12.4. The molecule has 5 heteroatoms. The van der Waals surface area contributed by atoms with Crippen LogP contribution in [-0.4, -0.2) is 25.8 Å². The zero-order valence-electron chi connectivity index (χ0n) is 10.4. The fraction of sp³-hybridized carbons (Fsp3) is 0.357. The fourth-order valence-electron chi connectivity index (χ4n) is 2.14. The monoisotopic (exact) mass is 277 g/mol. The number of anilines is 1. The lowest BCUT2D eigenvalue weighted by molar-refractivity contribution is 0.0434. The Morgan fingerprint density at radius 2 is 2.37 bits per heavy atom. The van der Waals surface area contributed by atoms with E-state index < -0.39 is 0 Å². The molecule has 1 saturated heterocycles. The number of fused-ring (bicyclic) bond motifs is 1. The molecule has 0 saturated carbocycles. The standard InChI is InChI=1S/C14H15NO3S/c15-11-1-2-12-10(5-11)6-13(19-12)14(16)18-8-9-3-4-17-7-9/h1-2,5-6,9H,3-4,7-8,15H2. The number of esters is 1. The van der Waals surface area contributed by atoms with E-state index in [2.05, 4.69) is 0 Å². The van der Waals surface area contributed by atoms with E-state index in [-0.39, 0.29) is 5.97 Å². The Bertz CT molecular complexity index is 602. The molecule has 2 N–H and O–H groups in total. The van der Waals surface area contributed by atoms with Crippen LogP contribution in [0.1, 0.15) is 16.1 Å². The number of nitrogen functional groups attached to an aromatic ring is 1. The number of rotatable bonds is 3. The van der Waals surface area contributed by atoms with Gasteiger partial charge in [-0.1, -0.05) is 0 Å². The first-order valence-corrected chi connectivity index (χ1v) is 7.08. The van der Waals surface area contributed by atoms with Gasteiger partial charge in [-0.05, 0) is 36.1 Å². The van der Waals surface area contributed by atoms with Crippen molar-refractivity contribution in [3.63, 3.8) is 0 Å². The number of carbonyl (C=O) groups is 1. The molecule has 1 aromatic heterocycles. The third kappa shape index (κ3) is 2.72. The quantitative estimate of drug-likeness (QED) is 0.692. The van der Waals surface area contributed by atoms with Crippen LogP contribution in [0.15, 0.2) is 24.3 Å². The number of nitrogens with two attached hydrogens (primary N) is 1. The van der Waals surface area contributed by atoms with Gasteiger partial charge in [0, 0.05) is 22.9 Å². The minimum absolute atomic E-state index is 0.258. The average Bonchev–Trinajstić information content (AvgIpc) is 3.04. The van der Waals surface area contributed by atoms with Crippen LogP contribution in [-0.2, 0) is 9.47 Å². The van der Waals surface area contributed by atoms with Gasteiger partial charge in [-0.15, -0.1) is 11.3 Å². The summed E-state index contributed by atoms with van der Waals surface area (Å²) >= 11 is 1.44. The molecule has 1 fully saturated rings. The molecule has 100 valence electrons. The molecule has 1 aliphatic rings. The smallest absolute Gasteiger partial charge is 0.348 e. The summed E-state index contributed by atoms with van der Waals surface area (Å²) in [6.07, 6.45) is 0.968. The van der Waals surface area contributed by atoms with Crippen molar-refractivity contribution < 1.29 is 14.3 Å². The van der Waals surface area contributed by atoms with Crippen molar-refractivity contribution in [1.82, 2.24) is 0 Å².